The van der Waals surface area contributed by atoms with Gasteiger partial charge in [-0.15, -0.1) is 0 Å². The fourth-order valence-electron chi connectivity index (χ4n) is 2.73. The molecule has 5 heteroatoms. The van der Waals surface area contributed by atoms with E-state index < -0.39 is 0 Å². The largest absolute Gasteiger partial charge is 0.340 e. The van der Waals surface area contributed by atoms with Gasteiger partial charge < -0.3 is 11.1 Å². The third kappa shape index (κ3) is 4.10. The molecule has 0 aliphatic heterocycles. The zero-order valence-electron chi connectivity index (χ0n) is 14.7. The molecule has 3 N–H and O–H groups in total. The highest BCUT2D eigenvalue weighted by molar-refractivity contribution is 6.33. The molecule has 0 spiro atoms. The third-order valence-corrected chi connectivity index (χ3v) is 4.37. The Bertz CT molecular complexity index is 937. The van der Waals surface area contributed by atoms with Crippen molar-refractivity contribution in [3.05, 3.63) is 83.0 Å². The Hall–Kier alpha value is -2.69. The smallest absolute Gasteiger partial charge is 0.163 e. The van der Waals surface area contributed by atoms with Gasteiger partial charge in [0.1, 0.15) is 5.82 Å². The van der Waals surface area contributed by atoms with Crippen LogP contribution in [0.2, 0.25) is 5.02 Å². The number of nitrogens with two attached hydrogens (primary N) is 1. The molecule has 0 saturated heterocycles. The van der Waals surface area contributed by atoms with Gasteiger partial charge in [0, 0.05) is 35.0 Å². The van der Waals surface area contributed by atoms with Crippen molar-refractivity contribution in [1.82, 2.24) is 9.97 Å². The lowest BCUT2D eigenvalue weighted by atomic mass is 10.1. The Labute approximate surface area is 158 Å². The van der Waals surface area contributed by atoms with E-state index in [4.69, 9.17) is 17.3 Å². The maximum absolute atomic E-state index is 6.32. The Balaban J connectivity index is 1.98. The van der Waals surface area contributed by atoms with Crippen LogP contribution in [0.3, 0.4) is 0 Å². The normalized spacial score (nSPS) is 10.6. The topological polar surface area (TPSA) is 63.8 Å². The summed E-state index contributed by atoms with van der Waals surface area (Å²) in [7, 11) is 0. The van der Waals surface area contributed by atoms with Gasteiger partial charge in [0.15, 0.2) is 5.82 Å². The second-order valence-corrected chi connectivity index (χ2v) is 6.41. The van der Waals surface area contributed by atoms with Crippen molar-refractivity contribution in [3.63, 3.8) is 0 Å². The molecular formula is C21H21ClN4. The van der Waals surface area contributed by atoms with E-state index in [0.29, 0.717) is 29.6 Å². The van der Waals surface area contributed by atoms with Crippen molar-refractivity contribution >= 4 is 23.1 Å². The van der Waals surface area contributed by atoms with Crippen LogP contribution in [-0.2, 0) is 6.42 Å². The summed E-state index contributed by atoms with van der Waals surface area (Å²) < 4.78 is 0. The Morgan fingerprint density at radius 3 is 2.58 bits per heavy atom. The lowest BCUT2D eigenvalue weighted by molar-refractivity contribution is 0.914. The number of rotatable bonds is 6. The molecule has 26 heavy (non-hydrogen) atoms. The van der Waals surface area contributed by atoms with Crippen molar-refractivity contribution in [3.8, 4) is 11.4 Å². The van der Waals surface area contributed by atoms with Gasteiger partial charge in [-0.3, -0.25) is 0 Å². The Morgan fingerprint density at radius 2 is 1.85 bits per heavy atom. The first-order chi connectivity index (χ1) is 12.6. The van der Waals surface area contributed by atoms with Crippen LogP contribution in [0.25, 0.3) is 17.1 Å². The summed E-state index contributed by atoms with van der Waals surface area (Å²) in [6.45, 7) is 6.72. The van der Waals surface area contributed by atoms with Gasteiger partial charge in [-0.2, -0.15) is 0 Å². The van der Waals surface area contributed by atoms with Crippen molar-refractivity contribution in [2.45, 2.75) is 13.3 Å². The molecular weight excluding hydrogens is 344 g/mol. The Kier molecular flexibility index (Phi) is 5.66. The van der Waals surface area contributed by atoms with Crippen molar-refractivity contribution < 1.29 is 0 Å². The van der Waals surface area contributed by atoms with Crippen LogP contribution in [-0.4, -0.2) is 16.5 Å². The molecule has 0 amide bonds. The highest BCUT2D eigenvalue weighted by atomic mass is 35.5. The Morgan fingerprint density at radius 1 is 1.12 bits per heavy atom. The van der Waals surface area contributed by atoms with Crippen LogP contribution in [0, 0.1) is 6.92 Å². The molecule has 3 aromatic rings. The minimum atomic E-state index is 0.511. The molecule has 0 unspecified atom stereocenters. The monoisotopic (exact) mass is 364 g/mol. The van der Waals surface area contributed by atoms with E-state index >= 15 is 0 Å². The second kappa shape index (κ2) is 8.13. The van der Waals surface area contributed by atoms with Crippen LogP contribution in [0.4, 0.5) is 5.82 Å². The fraction of sp³-hybridized carbons (Fsp3) is 0.143. The van der Waals surface area contributed by atoms with Gasteiger partial charge in [0.2, 0.25) is 0 Å². The van der Waals surface area contributed by atoms with E-state index in [1.54, 1.807) is 0 Å². The van der Waals surface area contributed by atoms with Gasteiger partial charge in [0.05, 0.1) is 5.02 Å². The summed E-state index contributed by atoms with van der Waals surface area (Å²) in [6, 6.07) is 17.5. The number of anilines is 1. The number of hydrogen-bond acceptors (Lipinski definition) is 4. The predicted octanol–water partition coefficient (Wildman–Crippen LogP) is 4.69. The van der Waals surface area contributed by atoms with Crippen LogP contribution in [0.15, 0.2) is 61.2 Å². The molecule has 0 saturated carbocycles. The molecule has 1 aromatic heterocycles. The standard InChI is InChI=1S/C21H21ClN4/c1-14-7-3-4-8-17(14)15(2)24-20-13-16(11-12-23)25-21(26-20)18-9-5-6-10-19(18)22/h3-10,13H,2,11-12,23H2,1H3,(H,24,25,26). The van der Waals surface area contributed by atoms with E-state index in [1.807, 2.05) is 48.5 Å². The van der Waals surface area contributed by atoms with Gasteiger partial charge in [-0.05, 0) is 31.2 Å². The van der Waals surface area contributed by atoms with Crippen molar-refractivity contribution in [1.29, 1.82) is 0 Å². The minimum Gasteiger partial charge on any atom is -0.340 e. The zero-order valence-corrected chi connectivity index (χ0v) is 15.4. The lowest BCUT2D eigenvalue weighted by Gasteiger charge is -2.14. The number of aromatic nitrogens is 2. The van der Waals surface area contributed by atoms with Crippen LogP contribution < -0.4 is 11.1 Å². The first-order valence-electron chi connectivity index (χ1n) is 8.43. The van der Waals surface area contributed by atoms with E-state index in [9.17, 15) is 0 Å². The maximum atomic E-state index is 6.32. The van der Waals surface area contributed by atoms with E-state index in [-0.39, 0.29) is 0 Å². The molecule has 0 fully saturated rings. The maximum Gasteiger partial charge on any atom is 0.163 e. The number of nitrogens with one attached hydrogen (secondary N) is 1. The number of hydrogen-bond donors (Lipinski definition) is 2. The number of nitrogens with zero attached hydrogens (tertiary/aromatic N) is 2. The van der Waals surface area contributed by atoms with Crippen LogP contribution in [0.1, 0.15) is 16.8 Å². The van der Waals surface area contributed by atoms with Crippen molar-refractivity contribution in [2.24, 2.45) is 5.73 Å². The van der Waals surface area contributed by atoms with Crippen molar-refractivity contribution in [2.75, 3.05) is 11.9 Å². The SMILES string of the molecule is C=C(Nc1cc(CCN)nc(-c2ccccc2Cl)n1)c1ccccc1C. The predicted molar refractivity (Wildman–Crippen MR) is 109 cm³/mol. The molecule has 2 aromatic carbocycles. The average molecular weight is 365 g/mol. The molecule has 3 rings (SSSR count). The van der Waals surface area contributed by atoms with Crippen LogP contribution >= 0.6 is 11.6 Å². The highest BCUT2D eigenvalue weighted by Gasteiger charge is 2.11. The second-order valence-electron chi connectivity index (χ2n) is 6.01. The molecule has 0 atom stereocenters. The molecule has 0 bridgehead atoms. The molecule has 4 nitrogen and oxygen atoms in total. The van der Waals surface area contributed by atoms with E-state index in [2.05, 4.69) is 34.9 Å². The fourth-order valence-corrected chi connectivity index (χ4v) is 2.95. The molecule has 0 radical (unpaired) electrons. The van der Waals surface area contributed by atoms with Gasteiger partial charge >= 0.3 is 0 Å². The molecule has 0 aliphatic carbocycles. The third-order valence-electron chi connectivity index (χ3n) is 4.04. The van der Waals surface area contributed by atoms with E-state index in [0.717, 1.165) is 28.1 Å². The number of halogens is 1. The molecule has 132 valence electrons. The molecule has 1 heterocycles. The quantitative estimate of drug-likeness (QED) is 0.666. The zero-order chi connectivity index (χ0) is 18.5. The highest BCUT2D eigenvalue weighted by Crippen LogP contribution is 2.27. The van der Waals surface area contributed by atoms with E-state index in [1.165, 1.54) is 0 Å². The minimum absolute atomic E-state index is 0.511. The molecule has 0 aliphatic rings. The van der Waals surface area contributed by atoms with Gasteiger partial charge in [-0.1, -0.05) is 54.6 Å². The average Bonchev–Trinajstić information content (AvgIpc) is 2.62. The first-order valence-corrected chi connectivity index (χ1v) is 8.81. The first kappa shape index (κ1) is 18.1. The summed E-state index contributed by atoms with van der Waals surface area (Å²) in [5.41, 5.74) is 10.3. The summed E-state index contributed by atoms with van der Waals surface area (Å²) in [5.74, 6) is 1.24. The van der Waals surface area contributed by atoms with Crippen LogP contribution in [0.5, 0.6) is 0 Å². The summed E-state index contributed by atoms with van der Waals surface area (Å²) in [6.07, 6.45) is 0.658. The summed E-state index contributed by atoms with van der Waals surface area (Å²) >= 11 is 6.32. The van der Waals surface area contributed by atoms with Gasteiger partial charge in [0.25, 0.3) is 0 Å². The number of aryl methyl sites for hydroxylation is 1. The summed E-state index contributed by atoms with van der Waals surface area (Å²) in [4.78, 5) is 9.24. The lowest BCUT2D eigenvalue weighted by Crippen LogP contribution is -2.08. The summed E-state index contributed by atoms with van der Waals surface area (Å²) in [5, 5.41) is 3.91. The number of benzene rings is 2. The van der Waals surface area contributed by atoms with Gasteiger partial charge in [-0.25, -0.2) is 9.97 Å².